The third-order valence-electron chi connectivity index (χ3n) is 2.09. The minimum atomic E-state index is 0.483. The van der Waals surface area contributed by atoms with E-state index in [1.54, 1.807) is 7.11 Å². The molecule has 1 atom stereocenters. The second-order valence-electron chi connectivity index (χ2n) is 3.28. The summed E-state index contributed by atoms with van der Waals surface area (Å²) >= 11 is 0. The molecule has 1 fully saturated rings. The van der Waals surface area contributed by atoms with Crippen molar-refractivity contribution in [3.8, 4) is 0 Å². The quantitative estimate of drug-likeness (QED) is 0.557. The monoisotopic (exact) mass is 188 g/mol. The van der Waals surface area contributed by atoms with Crippen LogP contribution in [0.1, 0.15) is 6.42 Å². The maximum absolute atomic E-state index is 5.33. The molecule has 0 bridgehead atoms. The lowest BCUT2D eigenvalue weighted by Gasteiger charge is -2.23. The molecule has 4 heteroatoms. The van der Waals surface area contributed by atoms with Crippen LogP contribution in [0.4, 0.5) is 0 Å². The van der Waals surface area contributed by atoms with Crippen LogP contribution in [0, 0.1) is 0 Å². The van der Waals surface area contributed by atoms with Gasteiger partial charge in [0.1, 0.15) is 0 Å². The molecule has 1 rings (SSSR count). The minimum Gasteiger partial charge on any atom is -0.385 e. The Morgan fingerprint density at radius 3 is 3.23 bits per heavy atom. The van der Waals surface area contributed by atoms with Crippen molar-refractivity contribution >= 4 is 0 Å². The maximum atomic E-state index is 5.33. The summed E-state index contributed by atoms with van der Waals surface area (Å²) in [5, 5.41) is 6.76. The summed E-state index contributed by atoms with van der Waals surface area (Å²) in [6, 6.07) is 0.483. The van der Waals surface area contributed by atoms with Gasteiger partial charge in [0, 0.05) is 32.8 Å². The molecule has 0 radical (unpaired) electrons. The molecule has 0 amide bonds. The second-order valence-corrected chi connectivity index (χ2v) is 3.28. The third-order valence-corrected chi connectivity index (χ3v) is 2.09. The molecule has 2 N–H and O–H groups in total. The fourth-order valence-corrected chi connectivity index (χ4v) is 1.37. The molecule has 0 saturated carbocycles. The fraction of sp³-hybridized carbons (Fsp3) is 1.00. The van der Waals surface area contributed by atoms with Crippen molar-refractivity contribution in [1.29, 1.82) is 0 Å². The minimum absolute atomic E-state index is 0.483. The molecule has 0 aromatic rings. The molecule has 0 spiro atoms. The van der Waals surface area contributed by atoms with E-state index < -0.39 is 0 Å². The van der Waals surface area contributed by atoms with Gasteiger partial charge >= 0.3 is 0 Å². The highest BCUT2D eigenvalue weighted by atomic mass is 16.5. The third kappa shape index (κ3) is 5.21. The molecule has 1 aliphatic heterocycles. The average Bonchev–Trinajstić information content (AvgIpc) is 2.19. The number of hydrogen-bond donors (Lipinski definition) is 2. The molecule has 0 aliphatic carbocycles. The first-order valence-corrected chi connectivity index (χ1v) is 4.94. The molecule has 1 saturated heterocycles. The number of ether oxygens (including phenoxy) is 2. The summed E-state index contributed by atoms with van der Waals surface area (Å²) in [5.74, 6) is 0. The van der Waals surface area contributed by atoms with E-state index in [1.165, 1.54) is 0 Å². The lowest BCUT2D eigenvalue weighted by molar-refractivity contribution is 0.0765. The normalized spacial score (nSPS) is 23.3. The standard InChI is InChI=1S/C9H20N2O2/c1-12-5-2-3-10-7-9-8-13-6-4-11-9/h9-11H,2-8H2,1H3/t9-/m0/s1. The van der Waals surface area contributed by atoms with Gasteiger partial charge < -0.3 is 20.1 Å². The Morgan fingerprint density at radius 1 is 1.62 bits per heavy atom. The summed E-state index contributed by atoms with van der Waals surface area (Å²) in [6.45, 7) is 5.50. The highest BCUT2D eigenvalue weighted by Crippen LogP contribution is 1.90. The summed E-state index contributed by atoms with van der Waals surface area (Å²) < 4.78 is 10.3. The number of nitrogens with one attached hydrogen (secondary N) is 2. The van der Waals surface area contributed by atoms with Crippen LogP contribution >= 0.6 is 0 Å². The molecular weight excluding hydrogens is 168 g/mol. The largest absolute Gasteiger partial charge is 0.385 e. The molecular formula is C9H20N2O2. The van der Waals surface area contributed by atoms with Crippen LogP contribution in [-0.4, -0.2) is 52.6 Å². The van der Waals surface area contributed by atoms with E-state index in [9.17, 15) is 0 Å². The van der Waals surface area contributed by atoms with E-state index in [2.05, 4.69) is 10.6 Å². The van der Waals surface area contributed by atoms with Crippen molar-refractivity contribution in [1.82, 2.24) is 10.6 Å². The number of hydrogen-bond acceptors (Lipinski definition) is 4. The van der Waals surface area contributed by atoms with Crippen LogP contribution in [0.2, 0.25) is 0 Å². The lowest BCUT2D eigenvalue weighted by atomic mass is 10.3. The predicted octanol–water partition coefficient (Wildman–Crippen LogP) is -0.399. The Morgan fingerprint density at radius 2 is 2.54 bits per heavy atom. The van der Waals surface area contributed by atoms with E-state index in [1.807, 2.05) is 0 Å². The predicted molar refractivity (Wildman–Crippen MR) is 52.0 cm³/mol. The van der Waals surface area contributed by atoms with Gasteiger partial charge in [0.25, 0.3) is 0 Å². The van der Waals surface area contributed by atoms with Crippen molar-refractivity contribution in [2.24, 2.45) is 0 Å². The molecule has 0 unspecified atom stereocenters. The van der Waals surface area contributed by atoms with E-state index in [0.717, 1.165) is 45.9 Å². The van der Waals surface area contributed by atoms with Crippen LogP contribution in [-0.2, 0) is 9.47 Å². The zero-order valence-electron chi connectivity index (χ0n) is 8.34. The summed E-state index contributed by atoms with van der Waals surface area (Å²) in [5.41, 5.74) is 0. The Kier molecular flexibility index (Phi) is 6.10. The van der Waals surface area contributed by atoms with Crippen LogP contribution in [0.5, 0.6) is 0 Å². The van der Waals surface area contributed by atoms with Gasteiger partial charge in [-0.05, 0) is 13.0 Å². The number of rotatable bonds is 6. The highest BCUT2D eigenvalue weighted by molar-refractivity contribution is 4.72. The number of methoxy groups -OCH3 is 1. The van der Waals surface area contributed by atoms with Crippen LogP contribution in [0.15, 0.2) is 0 Å². The van der Waals surface area contributed by atoms with Crippen molar-refractivity contribution in [2.45, 2.75) is 12.5 Å². The summed E-state index contributed by atoms with van der Waals surface area (Å²) in [6.07, 6.45) is 1.07. The van der Waals surface area contributed by atoms with Crippen molar-refractivity contribution in [3.05, 3.63) is 0 Å². The first kappa shape index (κ1) is 10.9. The fourth-order valence-electron chi connectivity index (χ4n) is 1.37. The van der Waals surface area contributed by atoms with Crippen LogP contribution in [0.3, 0.4) is 0 Å². The summed E-state index contributed by atoms with van der Waals surface area (Å²) in [4.78, 5) is 0. The van der Waals surface area contributed by atoms with Gasteiger partial charge in [-0.3, -0.25) is 0 Å². The molecule has 1 aliphatic rings. The Balaban J connectivity index is 1.86. The molecule has 0 aromatic heterocycles. The van der Waals surface area contributed by atoms with E-state index in [-0.39, 0.29) is 0 Å². The van der Waals surface area contributed by atoms with E-state index in [0.29, 0.717) is 6.04 Å². The van der Waals surface area contributed by atoms with Crippen LogP contribution in [0.25, 0.3) is 0 Å². The smallest absolute Gasteiger partial charge is 0.0632 e. The van der Waals surface area contributed by atoms with Gasteiger partial charge in [0.15, 0.2) is 0 Å². The first-order valence-electron chi connectivity index (χ1n) is 4.94. The average molecular weight is 188 g/mol. The first-order chi connectivity index (χ1) is 6.43. The second kappa shape index (κ2) is 7.26. The van der Waals surface area contributed by atoms with Gasteiger partial charge in [-0.1, -0.05) is 0 Å². The molecule has 1 heterocycles. The van der Waals surface area contributed by atoms with Gasteiger partial charge in [0.05, 0.1) is 13.2 Å². The Labute approximate surface area is 80.0 Å². The van der Waals surface area contributed by atoms with Crippen molar-refractivity contribution < 1.29 is 9.47 Å². The van der Waals surface area contributed by atoms with Crippen molar-refractivity contribution in [2.75, 3.05) is 46.6 Å². The maximum Gasteiger partial charge on any atom is 0.0632 e. The molecule has 78 valence electrons. The number of morpholine rings is 1. The zero-order chi connectivity index (χ0) is 9.36. The van der Waals surface area contributed by atoms with Gasteiger partial charge in [-0.2, -0.15) is 0 Å². The van der Waals surface area contributed by atoms with Gasteiger partial charge in [-0.15, -0.1) is 0 Å². The summed E-state index contributed by atoms with van der Waals surface area (Å²) in [7, 11) is 1.73. The molecule has 0 aromatic carbocycles. The van der Waals surface area contributed by atoms with E-state index in [4.69, 9.17) is 9.47 Å². The zero-order valence-corrected chi connectivity index (χ0v) is 8.34. The molecule has 4 nitrogen and oxygen atoms in total. The topological polar surface area (TPSA) is 42.5 Å². The Hall–Kier alpha value is -0.160. The van der Waals surface area contributed by atoms with Gasteiger partial charge in [0.2, 0.25) is 0 Å². The van der Waals surface area contributed by atoms with Gasteiger partial charge in [-0.25, -0.2) is 0 Å². The highest BCUT2D eigenvalue weighted by Gasteiger charge is 2.11. The van der Waals surface area contributed by atoms with Crippen LogP contribution < -0.4 is 10.6 Å². The van der Waals surface area contributed by atoms with Crippen molar-refractivity contribution in [3.63, 3.8) is 0 Å². The molecule has 13 heavy (non-hydrogen) atoms. The lowest BCUT2D eigenvalue weighted by Crippen LogP contribution is -2.47. The van der Waals surface area contributed by atoms with E-state index >= 15 is 0 Å². The Bertz CT molecular complexity index is 116. The SMILES string of the molecule is COCCCNC[C@H]1COCCN1.